The van der Waals surface area contributed by atoms with Crippen molar-refractivity contribution < 1.29 is 19.1 Å². The third-order valence-corrected chi connectivity index (χ3v) is 5.89. The number of hydrogen-bond donors (Lipinski definition) is 1. The second kappa shape index (κ2) is 8.92. The number of morpholine rings is 1. The van der Waals surface area contributed by atoms with Crippen molar-refractivity contribution in [2.24, 2.45) is 5.92 Å². The number of ether oxygens (including phenoxy) is 2. The van der Waals surface area contributed by atoms with E-state index in [2.05, 4.69) is 10.2 Å². The first kappa shape index (κ1) is 19.2. The maximum Gasteiger partial charge on any atom is 0.265 e. The molecule has 4 rings (SSSR count). The molecule has 1 saturated carbocycles. The number of benzene rings is 1. The minimum atomic E-state index is -0.0449. The quantitative estimate of drug-likeness (QED) is 0.839. The van der Waals surface area contributed by atoms with Crippen molar-refractivity contribution in [1.29, 1.82) is 0 Å². The van der Waals surface area contributed by atoms with Crippen LogP contribution < -0.4 is 15.0 Å². The van der Waals surface area contributed by atoms with Gasteiger partial charge in [-0.15, -0.1) is 0 Å². The number of rotatable bonds is 5. The normalized spacial score (nSPS) is 21.1. The van der Waals surface area contributed by atoms with Gasteiger partial charge in [-0.2, -0.15) is 0 Å². The molecule has 1 saturated heterocycles. The van der Waals surface area contributed by atoms with E-state index in [-0.39, 0.29) is 24.3 Å². The van der Waals surface area contributed by atoms with Crippen molar-refractivity contribution in [3.63, 3.8) is 0 Å². The van der Waals surface area contributed by atoms with Gasteiger partial charge in [0.15, 0.2) is 6.61 Å². The average Bonchev–Trinajstić information content (AvgIpc) is 2.74. The fourth-order valence-electron chi connectivity index (χ4n) is 4.20. The molecule has 1 aliphatic carbocycles. The van der Waals surface area contributed by atoms with Crippen LogP contribution in [0.1, 0.15) is 32.1 Å². The number of hydrogen-bond acceptors (Lipinski definition) is 5. The Morgan fingerprint density at radius 3 is 2.68 bits per heavy atom. The Kier molecular flexibility index (Phi) is 6.12. The van der Waals surface area contributed by atoms with E-state index in [0.29, 0.717) is 12.3 Å². The van der Waals surface area contributed by atoms with E-state index < -0.39 is 0 Å². The summed E-state index contributed by atoms with van der Waals surface area (Å²) in [4.78, 5) is 29.1. The van der Waals surface area contributed by atoms with E-state index in [1.807, 2.05) is 18.2 Å². The maximum absolute atomic E-state index is 12.6. The monoisotopic (exact) mass is 387 g/mol. The van der Waals surface area contributed by atoms with Crippen LogP contribution in [0.25, 0.3) is 0 Å². The Morgan fingerprint density at radius 1 is 1.11 bits per heavy atom. The molecule has 0 bridgehead atoms. The second-order valence-electron chi connectivity index (χ2n) is 7.79. The molecule has 2 heterocycles. The van der Waals surface area contributed by atoms with Gasteiger partial charge in [0.25, 0.3) is 5.91 Å². The van der Waals surface area contributed by atoms with E-state index in [1.165, 1.54) is 6.42 Å². The zero-order chi connectivity index (χ0) is 19.3. The number of carbonyl (C=O) groups is 2. The molecule has 0 radical (unpaired) electrons. The molecule has 2 aliphatic heterocycles. The van der Waals surface area contributed by atoms with Gasteiger partial charge in [0, 0.05) is 37.8 Å². The molecule has 28 heavy (non-hydrogen) atoms. The second-order valence-corrected chi connectivity index (χ2v) is 7.79. The molecule has 1 aromatic carbocycles. The lowest BCUT2D eigenvalue weighted by Gasteiger charge is -2.33. The largest absolute Gasteiger partial charge is 0.482 e. The van der Waals surface area contributed by atoms with Crippen molar-refractivity contribution in [3.05, 3.63) is 18.2 Å². The molecule has 0 aromatic heterocycles. The smallest absolute Gasteiger partial charge is 0.265 e. The van der Waals surface area contributed by atoms with Crippen LogP contribution in [0.15, 0.2) is 18.2 Å². The number of fused-ring (bicyclic) bond motifs is 1. The summed E-state index contributed by atoms with van der Waals surface area (Å²) < 4.78 is 11.0. The van der Waals surface area contributed by atoms with Crippen LogP contribution in [0.4, 0.5) is 11.4 Å². The first-order valence-corrected chi connectivity index (χ1v) is 10.4. The molecular formula is C21H29N3O4. The number of carbonyl (C=O) groups excluding carboxylic acids is 2. The summed E-state index contributed by atoms with van der Waals surface area (Å²) in [5, 5.41) is 3.04. The molecular weight excluding hydrogens is 358 g/mol. The Labute approximate surface area is 166 Å². The molecule has 1 N–H and O–H groups in total. The van der Waals surface area contributed by atoms with Crippen LogP contribution in [-0.4, -0.2) is 62.7 Å². The van der Waals surface area contributed by atoms with Gasteiger partial charge in [-0.25, -0.2) is 0 Å². The van der Waals surface area contributed by atoms with Crippen molar-refractivity contribution >= 4 is 23.2 Å². The first-order chi connectivity index (χ1) is 13.7. The molecule has 152 valence electrons. The molecule has 7 heteroatoms. The number of nitrogens with zero attached hydrogens (tertiary/aromatic N) is 2. The Hall–Kier alpha value is -2.12. The van der Waals surface area contributed by atoms with Crippen molar-refractivity contribution in [2.45, 2.75) is 32.1 Å². The van der Waals surface area contributed by atoms with Gasteiger partial charge >= 0.3 is 0 Å². The van der Waals surface area contributed by atoms with E-state index >= 15 is 0 Å². The van der Waals surface area contributed by atoms with Crippen molar-refractivity contribution in [2.75, 3.05) is 56.2 Å². The summed E-state index contributed by atoms with van der Waals surface area (Å²) >= 11 is 0. The average molecular weight is 387 g/mol. The van der Waals surface area contributed by atoms with Crippen LogP contribution >= 0.6 is 0 Å². The highest BCUT2D eigenvalue weighted by molar-refractivity contribution is 5.99. The Bertz CT molecular complexity index is 712. The molecule has 0 spiro atoms. The fourth-order valence-corrected chi connectivity index (χ4v) is 4.20. The SMILES string of the molecule is O=C(Nc1ccc2c(c1)N(CCN1CCOCC1)C(=O)CO2)C1CCCCC1. The van der Waals surface area contributed by atoms with Crippen molar-refractivity contribution in [3.8, 4) is 5.75 Å². The van der Waals surface area contributed by atoms with Gasteiger partial charge in [0.1, 0.15) is 5.75 Å². The standard InChI is InChI=1S/C21H29N3O4/c25-20-15-28-19-7-6-17(22-21(26)16-4-2-1-3-5-16)14-18(19)24(20)9-8-23-10-12-27-13-11-23/h6-7,14,16H,1-5,8-13,15H2,(H,22,26). The van der Waals surface area contributed by atoms with Crippen LogP contribution in [0, 0.1) is 5.92 Å². The molecule has 3 aliphatic rings. The highest BCUT2D eigenvalue weighted by Gasteiger charge is 2.27. The highest BCUT2D eigenvalue weighted by Crippen LogP contribution is 2.35. The van der Waals surface area contributed by atoms with E-state index in [1.54, 1.807) is 4.90 Å². The summed E-state index contributed by atoms with van der Waals surface area (Å²) in [5.41, 5.74) is 1.47. The summed E-state index contributed by atoms with van der Waals surface area (Å²) in [6.07, 6.45) is 5.40. The molecule has 0 unspecified atom stereocenters. The minimum absolute atomic E-state index is 0.0449. The predicted molar refractivity (Wildman–Crippen MR) is 107 cm³/mol. The zero-order valence-electron chi connectivity index (χ0n) is 16.3. The molecule has 1 aromatic rings. The van der Waals surface area contributed by atoms with E-state index in [9.17, 15) is 9.59 Å². The lowest BCUT2D eigenvalue weighted by molar-refractivity contribution is -0.121. The topological polar surface area (TPSA) is 71.1 Å². The van der Waals surface area contributed by atoms with Gasteiger partial charge in [-0.3, -0.25) is 14.5 Å². The summed E-state index contributed by atoms with van der Waals surface area (Å²) in [6, 6.07) is 5.57. The van der Waals surface area contributed by atoms with Gasteiger partial charge in [-0.05, 0) is 31.0 Å². The van der Waals surface area contributed by atoms with Crippen LogP contribution in [0.3, 0.4) is 0 Å². The number of amides is 2. The van der Waals surface area contributed by atoms with Crippen LogP contribution in [0.2, 0.25) is 0 Å². The summed E-state index contributed by atoms with van der Waals surface area (Å²) in [6.45, 7) is 4.73. The fraction of sp³-hybridized carbons (Fsp3) is 0.619. The molecule has 2 fully saturated rings. The van der Waals surface area contributed by atoms with E-state index in [0.717, 1.165) is 69.9 Å². The highest BCUT2D eigenvalue weighted by atomic mass is 16.5. The van der Waals surface area contributed by atoms with E-state index in [4.69, 9.17) is 9.47 Å². The Balaban J connectivity index is 1.44. The van der Waals surface area contributed by atoms with Crippen molar-refractivity contribution in [1.82, 2.24) is 4.90 Å². The zero-order valence-corrected chi connectivity index (χ0v) is 16.3. The maximum atomic E-state index is 12.6. The van der Waals surface area contributed by atoms with Gasteiger partial charge < -0.3 is 19.7 Å². The lowest BCUT2D eigenvalue weighted by Crippen LogP contribution is -2.46. The third kappa shape index (κ3) is 4.47. The van der Waals surface area contributed by atoms with Crippen LogP contribution in [0.5, 0.6) is 5.75 Å². The van der Waals surface area contributed by atoms with Crippen LogP contribution in [-0.2, 0) is 14.3 Å². The lowest BCUT2D eigenvalue weighted by atomic mass is 9.88. The molecule has 0 atom stereocenters. The Morgan fingerprint density at radius 2 is 1.89 bits per heavy atom. The van der Waals surface area contributed by atoms with Gasteiger partial charge in [-0.1, -0.05) is 19.3 Å². The molecule has 7 nitrogen and oxygen atoms in total. The minimum Gasteiger partial charge on any atom is -0.482 e. The number of nitrogens with one attached hydrogen (secondary N) is 1. The van der Waals surface area contributed by atoms with Gasteiger partial charge in [0.05, 0.1) is 18.9 Å². The van der Waals surface area contributed by atoms with Gasteiger partial charge in [0.2, 0.25) is 5.91 Å². The first-order valence-electron chi connectivity index (χ1n) is 10.4. The summed E-state index contributed by atoms with van der Waals surface area (Å²) in [7, 11) is 0. The molecule has 2 amide bonds. The summed E-state index contributed by atoms with van der Waals surface area (Å²) in [5.74, 6) is 0.830. The predicted octanol–water partition coefficient (Wildman–Crippen LogP) is 2.26. The number of anilines is 2. The third-order valence-electron chi connectivity index (χ3n) is 5.89.